The van der Waals surface area contributed by atoms with Crippen molar-refractivity contribution in [2.24, 2.45) is 46.3 Å². The van der Waals surface area contributed by atoms with Gasteiger partial charge in [-0.25, -0.2) is 0 Å². The van der Waals surface area contributed by atoms with Crippen LogP contribution in [0.5, 0.6) is 0 Å². The van der Waals surface area contributed by atoms with Crippen molar-refractivity contribution in [3.8, 4) is 0 Å². The third kappa shape index (κ3) is 4.29. The highest BCUT2D eigenvalue weighted by atomic mass is 16.7. The molecule has 3 heterocycles. The molecule has 3 aliphatic heterocycles. The standard InChI is InChI=1S/C33H52O8/c1-17-7-12-33(38-16-17)18(2)26-24(41-33)14-23-21-6-5-19-13-20(8-10-31(19,3)22(21)9-11-32(23,26)4)39-30-29(37)28(36)27(35)25(15-34)40-30/h5,17-18,20-30,34-37H,6-16H2,1-4H3/t17-,18+,20+,21-,22+,23+,24+,25-,26+,27+,28+,29-,30-,31+,32+,33-/m1/s1. The number of hydrogen-bond acceptors (Lipinski definition) is 8. The van der Waals surface area contributed by atoms with Crippen molar-refractivity contribution < 1.29 is 39.4 Å². The van der Waals surface area contributed by atoms with Gasteiger partial charge in [0.1, 0.15) is 24.4 Å². The molecule has 0 bridgehead atoms. The monoisotopic (exact) mass is 576 g/mol. The van der Waals surface area contributed by atoms with E-state index in [1.165, 1.54) is 24.8 Å². The maximum absolute atomic E-state index is 10.5. The van der Waals surface area contributed by atoms with Crippen LogP contribution in [0.15, 0.2) is 11.6 Å². The first-order valence-corrected chi connectivity index (χ1v) is 16.5. The van der Waals surface area contributed by atoms with Gasteiger partial charge in [0.25, 0.3) is 0 Å². The highest BCUT2D eigenvalue weighted by Crippen LogP contribution is 2.70. The Bertz CT molecular complexity index is 1020. The second-order valence-electron chi connectivity index (χ2n) is 15.5. The minimum atomic E-state index is -1.41. The minimum absolute atomic E-state index is 0.129. The second-order valence-corrected chi connectivity index (χ2v) is 15.5. The van der Waals surface area contributed by atoms with Crippen LogP contribution in [0.25, 0.3) is 0 Å². The van der Waals surface area contributed by atoms with Crippen molar-refractivity contribution >= 4 is 0 Å². The predicted molar refractivity (Wildman–Crippen MR) is 150 cm³/mol. The van der Waals surface area contributed by atoms with Crippen molar-refractivity contribution in [3.05, 3.63) is 11.6 Å². The SMILES string of the molecule is C[C@@H]1CC[C@@]2(OC1)O[C@H]1C[C@H]3[C@@H]4CC=C5C[C@@H](O[C@@H]6O[C@H](CO)[C@H](O)[C@H](O)[C@H]6O)CC[C@]5(C)[C@H]4CC[C@]3(C)[C@H]1[C@@H]2C. The number of rotatable bonds is 3. The van der Waals surface area contributed by atoms with Crippen LogP contribution >= 0.6 is 0 Å². The lowest BCUT2D eigenvalue weighted by atomic mass is 9.47. The molecule has 0 aromatic carbocycles. The number of aliphatic hydroxyl groups is 4. The molecule has 7 rings (SSSR count). The largest absolute Gasteiger partial charge is 0.394 e. The first kappa shape index (κ1) is 29.1. The molecule has 4 N–H and O–H groups in total. The van der Waals surface area contributed by atoms with Gasteiger partial charge in [0.15, 0.2) is 12.1 Å². The predicted octanol–water partition coefficient (Wildman–Crippen LogP) is 3.54. The van der Waals surface area contributed by atoms with Crippen molar-refractivity contribution in [1.29, 1.82) is 0 Å². The van der Waals surface area contributed by atoms with Gasteiger partial charge in [-0.1, -0.05) is 39.3 Å². The van der Waals surface area contributed by atoms with Gasteiger partial charge >= 0.3 is 0 Å². The zero-order chi connectivity index (χ0) is 28.9. The van der Waals surface area contributed by atoms with Crippen LogP contribution in [0.2, 0.25) is 0 Å². The van der Waals surface area contributed by atoms with E-state index in [-0.39, 0.29) is 17.3 Å². The molecule has 3 saturated heterocycles. The molecule has 6 fully saturated rings. The van der Waals surface area contributed by atoms with Gasteiger partial charge < -0.3 is 39.4 Å². The van der Waals surface area contributed by atoms with E-state index in [1.807, 2.05) is 0 Å². The van der Waals surface area contributed by atoms with Crippen LogP contribution in [0.1, 0.15) is 85.5 Å². The van der Waals surface area contributed by atoms with Crippen LogP contribution in [0.3, 0.4) is 0 Å². The molecule has 3 saturated carbocycles. The van der Waals surface area contributed by atoms with Gasteiger partial charge in [0, 0.05) is 12.3 Å². The molecular formula is C33H52O8. The first-order valence-electron chi connectivity index (χ1n) is 16.5. The fourth-order valence-electron chi connectivity index (χ4n) is 11.1. The fourth-order valence-corrected chi connectivity index (χ4v) is 11.1. The summed E-state index contributed by atoms with van der Waals surface area (Å²) >= 11 is 0. The molecule has 16 atom stereocenters. The van der Waals surface area contributed by atoms with E-state index in [2.05, 4.69) is 33.8 Å². The Hall–Kier alpha value is -0.580. The summed E-state index contributed by atoms with van der Waals surface area (Å²) in [5, 5.41) is 40.4. The normalized spacial score (nSPS) is 58.3. The molecule has 0 aromatic heterocycles. The Morgan fingerprint density at radius 2 is 1.78 bits per heavy atom. The van der Waals surface area contributed by atoms with Crippen molar-refractivity contribution in [3.63, 3.8) is 0 Å². The van der Waals surface area contributed by atoms with Crippen LogP contribution in [-0.2, 0) is 18.9 Å². The minimum Gasteiger partial charge on any atom is -0.394 e. The number of allylic oxidation sites excluding steroid dienone is 1. The molecule has 7 aliphatic rings. The van der Waals surface area contributed by atoms with Crippen LogP contribution in [0, 0.1) is 46.3 Å². The summed E-state index contributed by atoms with van der Waals surface area (Å²) in [6, 6.07) is 0. The topological polar surface area (TPSA) is 118 Å². The summed E-state index contributed by atoms with van der Waals surface area (Å²) in [4.78, 5) is 0. The molecule has 8 heteroatoms. The van der Waals surface area contributed by atoms with E-state index in [0.29, 0.717) is 47.0 Å². The number of fused-ring (bicyclic) bond motifs is 7. The van der Waals surface area contributed by atoms with E-state index in [1.54, 1.807) is 0 Å². The lowest BCUT2D eigenvalue weighted by Gasteiger charge is -2.58. The van der Waals surface area contributed by atoms with Crippen molar-refractivity contribution in [2.45, 2.75) is 134 Å². The Balaban J connectivity index is 1.05. The molecule has 0 aromatic rings. The molecule has 1 spiro atoms. The Morgan fingerprint density at radius 1 is 0.976 bits per heavy atom. The molecule has 232 valence electrons. The van der Waals surface area contributed by atoms with Gasteiger partial charge in [-0.3, -0.25) is 0 Å². The Kier molecular flexibility index (Phi) is 7.27. The van der Waals surface area contributed by atoms with Crippen LogP contribution in [0.4, 0.5) is 0 Å². The highest BCUT2D eigenvalue weighted by Gasteiger charge is 2.68. The summed E-state index contributed by atoms with van der Waals surface area (Å²) in [5.41, 5.74) is 1.91. The van der Waals surface area contributed by atoms with E-state index in [9.17, 15) is 20.4 Å². The second kappa shape index (κ2) is 10.2. The molecule has 0 amide bonds. The summed E-state index contributed by atoms with van der Waals surface area (Å²) in [5.74, 6) is 3.28. The fraction of sp³-hybridized carbons (Fsp3) is 0.939. The van der Waals surface area contributed by atoms with Crippen molar-refractivity contribution in [1.82, 2.24) is 0 Å². The van der Waals surface area contributed by atoms with Gasteiger partial charge in [0.2, 0.25) is 0 Å². The third-order valence-electron chi connectivity index (χ3n) is 13.5. The Labute approximate surface area is 244 Å². The smallest absolute Gasteiger partial charge is 0.186 e. The Morgan fingerprint density at radius 3 is 2.51 bits per heavy atom. The van der Waals surface area contributed by atoms with E-state index < -0.39 is 37.3 Å². The number of aliphatic hydroxyl groups excluding tert-OH is 4. The third-order valence-corrected chi connectivity index (χ3v) is 13.5. The summed E-state index contributed by atoms with van der Waals surface area (Å²) in [7, 11) is 0. The molecule has 4 aliphatic carbocycles. The van der Waals surface area contributed by atoms with E-state index >= 15 is 0 Å². The lowest BCUT2D eigenvalue weighted by Crippen LogP contribution is -2.60. The summed E-state index contributed by atoms with van der Waals surface area (Å²) < 4.78 is 25.3. The van der Waals surface area contributed by atoms with Gasteiger partial charge in [-0.2, -0.15) is 0 Å². The quantitative estimate of drug-likeness (QED) is 0.377. The highest BCUT2D eigenvalue weighted by molar-refractivity contribution is 5.26. The average molecular weight is 577 g/mol. The summed E-state index contributed by atoms with van der Waals surface area (Å²) in [6.45, 7) is 10.1. The first-order chi connectivity index (χ1) is 19.5. The van der Waals surface area contributed by atoms with Crippen molar-refractivity contribution in [2.75, 3.05) is 13.2 Å². The molecule has 8 nitrogen and oxygen atoms in total. The van der Waals surface area contributed by atoms with Crippen LogP contribution in [-0.4, -0.2) is 82.3 Å². The van der Waals surface area contributed by atoms with Gasteiger partial charge in [0.05, 0.1) is 25.4 Å². The van der Waals surface area contributed by atoms with Gasteiger partial charge in [-0.15, -0.1) is 0 Å². The maximum Gasteiger partial charge on any atom is 0.186 e. The number of ether oxygens (including phenoxy) is 4. The number of hydrogen-bond donors (Lipinski definition) is 4. The maximum atomic E-state index is 10.5. The zero-order valence-corrected chi connectivity index (χ0v) is 25.3. The van der Waals surface area contributed by atoms with Crippen LogP contribution < -0.4 is 0 Å². The van der Waals surface area contributed by atoms with E-state index in [4.69, 9.17) is 18.9 Å². The van der Waals surface area contributed by atoms with Gasteiger partial charge in [-0.05, 0) is 91.8 Å². The molecule has 0 radical (unpaired) electrons. The van der Waals surface area contributed by atoms with E-state index in [0.717, 1.165) is 45.1 Å². The summed E-state index contributed by atoms with van der Waals surface area (Å²) in [6.07, 6.45) is 6.24. The average Bonchev–Trinajstić information content (AvgIpc) is 3.40. The molecule has 41 heavy (non-hydrogen) atoms. The zero-order valence-electron chi connectivity index (χ0n) is 25.3. The molecular weight excluding hydrogens is 524 g/mol. The molecule has 0 unspecified atom stereocenters. The lowest BCUT2D eigenvalue weighted by molar-refractivity contribution is -0.313.